The van der Waals surface area contributed by atoms with Crippen LogP contribution in [0.1, 0.15) is 57.9 Å². The van der Waals surface area contributed by atoms with E-state index in [0.29, 0.717) is 31.7 Å². The molecule has 0 saturated heterocycles. The van der Waals surface area contributed by atoms with Crippen molar-refractivity contribution in [3.05, 3.63) is 35.9 Å². The van der Waals surface area contributed by atoms with E-state index in [9.17, 15) is 14.3 Å². The van der Waals surface area contributed by atoms with Gasteiger partial charge in [-0.1, -0.05) is 57.0 Å². The van der Waals surface area contributed by atoms with Gasteiger partial charge in [-0.25, -0.2) is 4.39 Å². The molecule has 0 radical (unpaired) electrons. The lowest BCUT2D eigenvalue weighted by atomic mass is 10.0. The summed E-state index contributed by atoms with van der Waals surface area (Å²) in [7, 11) is 0. The molecule has 0 spiro atoms. The summed E-state index contributed by atoms with van der Waals surface area (Å²) in [5, 5.41) is 12.3. The van der Waals surface area contributed by atoms with Crippen LogP contribution in [0.5, 0.6) is 0 Å². The Labute approximate surface area is 139 Å². The number of unbranched alkanes of at least 4 members (excludes halogenated alkanes) is 1. The third-order valence-corrected chi connectivity index (χ3v) is 4.01. The largest absolute Gasteiger partial charge is 0.480 e. The van der Waals surface area contributed by atoms with E-state index in [1.807, 2.05) is 30.3 Å². The molecule has 0 saturated carbocycles. The van der Waals surface area contributed by atoms with Gasteiger partial charge in [0.05, 0.1) is 0 Å². The van der Waals surface area contributed by atoms with Gasteiger partial charge in [0.25, 0.3) is 0 Å². The van der Waals surface area contributed by atoms with Crippen LogP contribution in [0, 0.1) is 5.92 Å². The fraction of sp³-hybridized carbons (Fsp3) is 0.632. The molecular formula is C19H30FNO2. The van der Waals surface area contributed by atoms with Crippen molar-refractivity contribution in [3.63, 3.8) is 0 Å². The smallest absolute Gasteiger partial charge is 0.320 e. The molecule has 2 N–H and O–H groups in total. The van der Waals surface area contributed by atoms with Gasteiger partial charge in [-0.2, -0.15) is 0 Å². The minimum absolute atomic E-state index is 0.534. The van der Waals surface area contributed by atoms with E-state index >= 15 is 0 Å². The highest BCUT2D eigenvalue weighted by molar-refractivity contribution is 5.73. The first-order valence-corrected chi connectivity index (χ1v) is 8.63. The number of hydrogen-bond acceptors (Lipinski definition) is 2. The molecule has 2 unspecified atom stereocenters. The van der Waals surface area contributed by atoms with Gasteiger partial charge < -0.3 is 10.4 Å². The summed E-state index contributed by atoms with van der Waals surface area (Å²) >= 11 is 0. The molecule has 1 aromatic rings. The second kappa shape index (κ2) is 11.2. The van der Waals surface area contributed by atoms with Crippen molar-refractivity contribution in [2.45, 2.75) is 71.1 Å². The van der Waals surface area contributed by atoms with Crippen LogP contribution in [0.3, 0.4) is 0 Å². The zero-order valence-corrected chi connectivity index (χ0v) is 14.3. The predicted molar refractivity (Wildman–Crippen MR) is 92.1 cm³/mol. The van der Waals surface area contributed by atoms with Crippen molar-refractivity contribution in [3.8, 4) is 0 Å². The van der Waals surface area contributed by atoms with Crippen molar-refractivity contribution < 1.29 is 14.3 Å². The van der Waals surface area contributed by atoms with Gasteiger partial charge in [0, 0.05) is 6.54 Å². The van der Waals surface area contributed by atoms with Crippen molar-refractivity contribution in [2.75, 3.05) is 0 Å². The Hall–Kier alpha value is -1.42. The maximum absolute atomic E-state index is 13.7. The molecule has 1 rings (SSSR count). The molecule has 4 heteroatoms. The van der Waals surface area contributed by atoms with Gasteiger partial charge in [-0.3, -0.25) is 4.79 Å². The van der Waals surface area contributed by atoms with Crippen LogP contribution >= 0.6 is 0 Å². The summed E-state index contributed by atoms with van der Waals surface area (Å²) in [6.07, 6.45) is 3.34. The molecule has 0 amide bonds. The Morgan fingerprint density at radius 3 is 2.35 bits per heavy atom. The second-order valence-electron chi connectivity index (χ2n) is 6.61. The summed E-state index contributed by atoms with van der Waals surface area (Å²) in [5.41, 5.74) is 1.07. The summed E-state index contributed by atoms with van der Waals surface area (Å²) in [4.78, 5) is 11.3. The summed E-state index contributed by atoms with van der Waals surface area (Å²) < 4.78 is 13.7. The van der Waals surface area contributed by atoms with Gasteiger partial charge in [0.1, 0.15) is 12.2 Å². The van der Waals surface area contributed by atoms with Gasteiger partial charge in [0.15, 0.2) is 0 Å². The number of halogens is 1. The molecule has 2 atom stereocenters. The molecule has 3 nitrogen and oxygen atoms in total. The highest BCUT2D eigenvalue weighted by atomic mass is 19.1. The maximum atomic E-state index is 13.7. The first-order chi connectivity index (χ1) is 11.0. The third kappa shape index (κ3) is 9.34. The van der Waals surface area contributed by atoms with Gasteiger partial charge in [0.2, 0.25) is 0 Å². The summed E-state index contributed by atoms with van der Waals surface area (Å²) in [6.45, 7) is 4.74. The zero-order valence-electron chi connectivity index (χ0n) is 14.3. The molecule has 0 aliphatic rings. The molecule has 0 fully saturated rings. The molecule has 0 heterocycles. The molecule has 23 heavy (non-hydrogen) atoms. The molecule has 130 valence electrons. The van der Waals surface area contributed by atoms with Crippen LogP contribution < -0.4 is 5.32 Å². The Balaban J connectivity index is 2.22. The lowest BCUT2D eigenvalue weighted by Gasteiger charge is -2.15. The average molecular weight is 323 g/mol. The first-order valence-electron chi connectivity index (χ1n) is 8.63. The van der Waals surface area contributed by atoms with E-state index in [1.165, 1.54) is 0 Å². The topological polar surface area (TPSA) is 49.3 Å². The van der Waals surface area contributed by atoms with Gasteiger partial charge >= 0.3 is 5.97 Å². The molecule has 1 aromatic carbocycles. The lowest BCUT2D eigenvalue weighted by molar-refractivity contribution is -0.139. The number of benzene rings is 1. The second-order valence-corrected chi connectivity index (χ2v) is 6.61. The summed E-state index contributed by atoms with van der Waals surface area (Å²) in [6, 6.07) is 9.17. The van der Waals surface area contributed by atoms with E-state index in [0.717, 1.165) is 24.8 Å². The van der Waals surface area contributed by atoms with Crippen molar-refractivity contribution in [1.29, 1.82) is 0 Å². The molecule has 0 aliphatic heterocycles. The molecule has 0 aromatic heterocycles. The third-order valence-electron chi connectivity index (χ3n) is 4.01. The van der Waals surface area contributed by atoms with Gasteiger partial charge in [-0.05, 0) is 37.2 Å². The number of carboxylic acids is 1. The number of rotatable bonds is 12. The Morgan fingerprint density at radius 1 is 1.09 bits per heavy atom. The average Bonchev–Trinajstić information content (AvgIpc) is 2.52. The molecule has 0 aliphatic carbocycles. The minimum atomic E-state index is -0.836. The zero-order chi connectivity index (χ0) is 17.1. The van der Waals surface area contributed by atoms with Crippen LogP contribution in [0.4, 0.5) is 4.39 Å². The van der Waals surface area contributed by atoms with Crippen molar-refractivity contribution >= 4 is 5.97 Å². The Bertz CT molecular complexity index is 436. The SMILES string of the molecule is CC(C)CCC(F)CCCCC(NCc1ccccc1)C(=O)O. The quantitative estimate of drug-likeness (QED) is 0.554. The van der Waals surface area contributed by atoms with Gasteiger partial charge in [-0.15, -0.1) is 0 Å². The standard InChI is InChI=1S/C19H30FNO2/c1-15(2)12-13-17(20)10-6-7-11-18(19(22)23)21-14-16-8-4-3-5-9-16/h3-5,8-9,15,17-18,21H,6-7,10-14H2,1-2H3,(H,22,23). The van der Waals surface area contributed by atoms with Crippen LogP contribution in [-0.4, -0.2) is 23.3 Å². The van der Waals surface area contributed by atoms with E-state index in [4.69, 9.17) is 0 Å². The van der Waals surface area contributed by atoms with Crippen molar-refractivity contribution in [2.24, 2.45) is 5.92 Å². The van der Waals surface area contributed by atoms with Crippen molar-refractivity contribution in [1.82, 2.24) is 5.32 Å². The van der Waals surface area contributed by atoms with Crippen LogP contribution in [0.2, 0.25) is 0 Å². The van der Waals surface area contributed by atoms with Crippen LogP contribution in [0.25, 0.3) is 0 Å². The fourth-order valence-electron chi connectivity index (χ4n) is 2.52. The monoisotopic (exact) mass is 323 g/mol. The number of carboxylic acid groups (broad SMARTS) is 1. The summed E-state index contributed by atoms with van der Waals surface area (Å²) in [5.74, 6) is -0.302. The Kier molecular flexibility index (Phi) is 9.53. The van der Waals surface area contributed by atoms with E-state index in [1.54, 1.807) is 0 Å². The van der Waals surface area contributed by atoms with E-state index in [-0.39, 0.29) is 0 Å². The molecular weight excluding hydrogens is 293 g/mol. The van der Waals surface area contributed by atoms with Crippen LogP contribution in [0.15, 0.2) is 30.3 Å². The minimum Gasteiger partial charge on any atom is -0.480 e. The highest BCUT2D eigenvalue weighted by Crippen LogP contribution is 2.16. The first kappa shape index (κ1) is 19.6. The van der Waals surface area contributed by atoms with E-state index < -0.39 is 18.2 Å². The molecule has 0 bridgehead atoms. The lowest BCUT2D eigenvalue weighted by Crippen LogP contribution is -2.36. The number of nitrogens with one attached hydrogen (secondary N) is 1. The highest BCUT2D eigenvalue weighted by Gasteiger charge is 2.16. The number of hydrogen-bond donors (Lipinski definition) is 2. The number of aliphatic carboxylic acids is 1. The normalized spacial score (nSPS) is 13.9. The van der Waals surface area contributed by atoms with E-state index in [2.05, 4.69) is 19.2 Å². The number of alkyl halides is 1. The number of carbonyl (C=O) groups is 1. The predicted octanol–water partition coefficient (Wildman–Crippen LogP) is 4.56. The maximum Gasteiger partial charge on any atom is 0.320 e. The fourth-order valence-corrected chi connectivity index (χ4v) is 2.52. The Morgan fingerprint density at radius 2 is 1.74 bits per heavy atom. The van der Waals surface area contributed by atoms with Crippen LogP contribution in [-0.2, 0) is 11.3 Å².